The van der Waals surface area contributed by atoms with Crippen LogP contribution in [0.4, 0.5) is 4.79 Å². The average Bonchev–Trinajstić information content (AvgIpc) is 2.28. The maximum Gasteiger partial charge on any atom is 0.418 e. The first-order valence-electron chi connectivity index (χ1n) is 6.47. The van der Waals surface area contributed by atoms with Crippen LogP contribution in [0.3, 0.4) is 0 Å². The fourth-order valence-electron chi connectivity index (χ4n) is 2.25. The lowest BCUT2D eigenvalue weighted by Gasteiger charge is -2.31. The highest BCUT2D eigenvalue weighted by molar-refractivity contribution is 5.92. The summed E-state index contributed by atoms with van der Waals surface area (Å²) in [5.74, 6) is -0.463. The van der Waals surface area contributed by atoms with E-state index >= 15 is 0 Å². The van der Waals surface area contributed by atoms with Crippen molar-refractivity contribution in [3.63, 3.8) is 0 Å². The van der Waals surface area contributed by atoms with Gasteiger partial charge in [0.1, 0.15) is 0 Å². The molecule has 0 spiro atoms. The molecule has 5 heteroatoms. The molecule has 19 heavy (non-hydrogen) atoms. The second-order valence-corrected chi connectivity index (χ2v) is 4.35. The van der Waals surface area contributed by atoms with Gasteiger partial charge in [0.15, 0.2) is 0 Å². The summed E-state index contributed by atoms with van der Waals surface area (Å²) < 4.78 is 10.0. The molecule has 1 unspecified atom stereocenters. The largest absolute Gasteiger partial charge is 0.463 e. The van der Waals surface area contributed by atoms with Crippen molar-refractivity contribution >= 4 is 12.1 Å². The highest BCUT2D eigenvalue weighted by Gasteiger charge is 2.31. The number of carbonyl (C=O) groups is 2. The van der Waals surface area contributed by atoms with E-state index in [0.29, 0.717) is 24.5 Å². The van der Waals surface area contributed by atoms with Gasteiger partial charge in [-0.2, -0.15) is 0 Å². The van der Waals surface area contributed by atoms with Gasteiger partial charge in [-0.25, -0.2) is 9.59 Å². The number of hydrogen-bond donors (Lipinski definition) is 0. The molecule has 0 N–H and O–H groups in total. The van der Waals surface area contributed by atoms with E-state index in [2.05, 4.69) is 0 Å². The Morgan fingerprint density at radius 3 is 2.32 bits per heavy atom. The fourth-order valence-corrected chi connectivity index (χ4v) is 2.25. The molecule has 1 aliphatic rings. The van der Waals surface area contributed by atoms with E-state index in [1.165, 1.54) is 4.90 Å². The Morgan fingerprint density at radius 2 is 1.79 bits per heavy atom. The van der Waals surface area contributed by atoms with Crippen molar-refractivity contribution in [3.05, 3.63) is 23.0 Å². The number of allylic oxidation sites excluding steroid dienone is 3. The molecule has 0 fully saturated rings. The summed E-state index contributed by atoms with van der Waals surface area (Å²) in [4.78, 5) is 25.3. The van der Waals surface area contributed by atoms with E-state index in [9.17, 15) is 9.59 Å². The SMILES string of the molecule is CCOC(=O)C1=C(C)N(C(=O)OCC)C(C)=CC1C. The monoisotopic (exact) mass is 267 g/mol. The van der Waals surface area contributed by atoms with Gasteiger partial charge in [0, 0.05) is 17.3 Å². The number of ether oxygens (including phenoxy) is 2. The maximum atomic E-state index is 12.0. The van der Waals surface area contributed by atoms with Gasteiger partial charge in [0.25, 0.3) is 0 Å². The van der Waals surface area contributed by atoms with Crippen molar-refractivity contribution in [2.75, 3.05) is 13.2 Å². The van der Waals surface area contributed by atoms with Gasteiger partial charge in [0.2, 0.25) is 0 Å². The Balaban J connectivity index is 3.13. The minimum Gasteiger partial charge on any atom is -0.463 e. The van der Waals surface area contributed by atoms with E-state index in [-0.39, 0.29) is 11.9 Å². The number of rotatable bonds is 3. The molecule has 0 saturated heterocycles. The van der Waals surface area contributed by atoms with Crippen molar-refractivity contribution in [1.29, 1.82) is 0 Å². The van der Waals surface area contributed by atoms with Gasteiger partial charge in [0.05, 0.1) is 18.8 Å². The third-order valence-electron chi connectivity index (χ3n) is 2.97. The van der Waals surface area contributed by atoms with Crippen LogP contribution in [0, 0.1) is 5.92 Å². The summed E-state index contributed by atoms with van der Waals surface area (Å²) in [7, 11) is 0. The van der Waals surface area contributed by atoms with Crippen molar-refractivity contribution in [2.45, 2.75) is 34.6 Å². The summed E-state index contributed by atoms with van der Waals surface area (Å²) in [6.45, 7) is 9.56. The van der Waals surface area contributed by atoms with E-state index in [0.717, 1.165) is 5.70 Å². The molecule has 106 valence electrons. The molecule has 0 aromatic heterocycles. The molecule has 1 atom stereocenters. The van der Waals surface area contributed by atoms with Gasteiger partial charge in [-0.15, -0.1) is 0 Å². The molecule has 0 saturated carbocycles. The number of amides is 1. The van der Waals surface area contributed by atoms with Gasteiger partial charge in [-0.05, 0) is 27.7 Å². The van der Waals surface area contributed by atoms with Crippen LogP contribution < -0.4 is 0 Å². The highest BCUT2D eigenvalue weighted by Crippen LogP contribution is 2.30. The Bertz CT molecular complexity index is 437. The van der Waals surface area contributed by atoms with Crippen LogP contribution in [0.1, 0.15) is 34.6 Å². The first kappa shape index (κ1) is 15.3. The van der Waals surface area contributed by atoms with Crippen molar-refractivity contribution in [1.82, 2.24) is 4.90 Å². The van der Waals surface area contributed by atoms with E-state index in [1.54, 1.807) is 20.8 Å². The Kier molecular flexibility index (Phi) is 5.15. The van der Waals surface area contributed by atoms with Crippen LogP contribution in [0.2, 0.25) is 0 Å². The maximum absolute atomic E-state index is 12.0. The third-order valence-corrected chi connectivity index (χ3v) is 2.97. The predicted molar refractivity (Wildman–Crippen MR) is 71.1 cm³/mol. The minimum atomic E-state index is -0.470. The first-order valence-corrected chi connectivity index (χ1v) is 6.47. The quantitative estimate of drug-likeness (QED) is 0.738. The molecular weight excluding hydrogens is 246 g/mol. The molecule has 0 aromatic rings. The molecular formula is C14H21NO4. The van der Waals surface area contributed by atoms with Gasteiger partial charge in [-0.3, -0.25) is 4.90 Å². The van der Waals surface area contributed by atoms with Crippen LogP contribution in [-0.4, -0.2) is 30.2 Å². The number of hydrogen-bond acceptors (Lipinski definition) is 4. The second kappa shape index (κ2) is 6.41. The van der Waals surface area contributed by atoms with Crippen molar-refractivity contribution in [2.24, 2.45) is 5.92 Å². The number of esters is 1. The summed E-state index contributed by atoms with van der Waals surface area (Å²) in [5.41, 5.74) is 1.83. The molecule has 0 radical (unpaired) electrons. The standard InChI is InChI=1S/C14H21NO4/c1-6-18-13(16)12-9(3)8-10(4)15(11(12)5)14(17)19-7-2/h8-9H,6-7H2,1-5H3. The topological polar surface area (TPSA) is 55.8 Å². The molecule has 0 aliphatic carbocycles. The smallest absolute Gasteiger partial charge is 0.418 e. The molecule has 1 rings (SSSR count). The summed E-state index contributed by atoms with van der Waals surface area (Å²) in [6.07, 6.45) is 1.39. The lowest BCUT2D eigenvalue weighted by atomic mass is 9.94. The predicted octanol–water partition coefficient (Wildman–Crippen LogP) is 2.84. The van der Waals surface area contributed by atoms with E-state index in [4.69, 9.17) is 9.47 Å². The molecule has 0 bridgehead atoms. The molecule has 1 amide bonds. The number of carbonyl (C=O) groups excluding carboxylic acids is 2. The van der Waals surface area contributed by atoms with Crippen LogP contribution in [0.15, 0.2) is 23.0 Å². The van der Waals surface area contributed by atoms with Crippen molar-refractivity contribution in [3.8, 4) is 0 Å². The number of nitrogens with zero attached hydrogens (tertiary/aromatic N) is 1. The van der Waals surface area contributed by atoms with Crippen molar-refractivity contribution < 1.29 is 19.1 Å². The van der Waals surface area contributed by atoms with Crippen LogP contribution in [0.5, 0.6) is 0 Å². The van der Waals surface area contributed by atoms with Gasteiger partial charge in [-0.1, -0.05) is 13.0 Å². The summed E-state index contributed by atoms with van der Waals surface area (Å²) in [6, 6.07) is 0. The van der Waals surface area contributed by atoms with Crippen LogP contribution in [0.25, 0.3) is 0 Å². The molecule has 1 heterocycles. The zero-order chi connectivity index (χ0) is 14.6. The zero-order valence-corrected chi connectivity index (χ0v) is 12.1. The summed E-state index contributed by atoms with van der Waals surface area (Å²) >= 11 is 0. The van der Waals surface area contributed by atoms with Gasteiger partial charge >= 0.3 is 12.1 Å². The Labute approximate surface area is 113 Å². The first-order chi connectivity index (χ1) is 8.93. The normalized spacial score (nSPS) is 19.1. The van der Waals surface area contributed by atoms with E-state index in [1.807, 2.05) is 19.9 Å². The fraction of sp³-hybridized carbons (Fsp3) is 0.571. The minimum absolute atomic E-state index is 0.0790. The Hall–Kier alpha value is -1.78. The highest BCUT2D eigenvalue weighted by atomic mass is 16.6. The third kappa shape index (κ3) is 3.16. The lowest BCUT2D eigenvalue weighted by molar-refractivity contribution is -0.139. The zero-order valence-electron chi connectivity index (χ0n) is 12.1. The van der Waals surface area contributed by atoms with E-state index < -0.39 is 6.09 Å². The van der Waals surface area contributed by atoms with Gasteiger partial charge < -0.3 is 9.47 Å². The van der Waals surface area contributed by atoms with Crippen LogP contribution in [-0.2, 0) is 14.3 Å². The molecule has 5 nitrogen and oxygen atoms in total. The second-order valence-electron chi connectivity index (χ2n) is 4.35. The lowest BCUT2D eigenvalue weighted by Crippen LogP contribution is -2.34. The average molecular weight is 267 g/mol. The molecule has 1 aliphatic heterocycles. The summed E-state index contributed by atoms with van der Waals surface area (Å²) in [5, 5.41) is 0. The van der Waals surface area contributed by atoms with Crippen LogP contribution >= 0.6 is 0 Å². The Morgan fingerprint density at radius 1 is 1.21 bits per heavy atom. The molecule has 0 aromatic carbocycles.